The smallest absolute Gasteiger partial charge is 0.320 e. The van der Waals surface area contributed by atoms with Crippen LogP contribution in [0.25, 0.3) is 0 Å². The van der Waals surface area contributed by atoms with E-state index in [9.17, 15) is 19.2 Å². The van der Waals surface area contributed by atoms with Crippen molar-refractivity contribution in [2.45, 2.75) is 24.9 Å². The van der Waals surface area contributed by atoms with Crippen molar-refractivity contribution < 1.29 is 28.7 Å². The third kappa shape index (κ3) is 5.15. The van der Waals surface area contributed by atoms with Crippen LogP contribution >= 0.6 is 0 Å². The van der Waals surface area contributed by atoms with Gasteiger partial charge in [-0.15, -0.1) is 0 Å². The Morgan fingerprint density at radius 1 is 1.17 bits per heavy atom. The molecule has 3 rings (SSSR count). The van der Waals surface area contributed by atoms with Gasteiger partial charge in [0.2, 0.25) is 17.7 Å². The quantitative estimate of drug-likeness (QED) is 0.552. The zero-order valence-electron chi connectivity index (χ0n) is 16.7. The normalized spacial score (nSPS) is 25.4. The first-order valence-electron chi connectivity index (χ1n) is 9.99. The van der Waals surface area contributed by atoms with Gasteiger partial charge >= 0.3 is 6.03 Å². The largest absolute Gasteiger partial charge is 0.378 e. The van der Waals surface area contributed by atoms with Crippen LogP contribution in [0.4, 0.5) is 4.79 Å². The summed E-state index contributed by atoms with van der Waals surface area (Å²) in [6.45, 7) is 3.05. The summed E-state index contributed by atoms with van der Waals surface area (Å²) < 4.78 is 10.2. The summed E-state index contributed by atoms with van der Waals surface area (Å²) >= 11 is 0. The lowest BCUT2D eigenvalue weighted by Gasteiger charge is -2.42. The lowest BCUT2D eigenvalue weighted by Crippen LogP contribution is -2.65. The van der Waals surface area contributed by atoms with Gasteiger partial charge in [0.05, 0.1) is 19.8 Å². The molecule has 5 amide bonds. The van der Waals surface area contributed by atoms with Crippen LogP contribution in [-0.4, -0.2) is 117 Å². The van der Waals surface area contributed by atoms with E-state index in [1.165, 1.54) is 12.0 Å². The highest BCUT2D eigenvalue weighted by atomic mass is 16.5. The van der Waals surface area contributed by atoms with Crippen LogP contribution in [0.15, 0.2) is 0 Å². The second-order valence-electron chi connectivity index (χ2n) is 7.36. The molecule has 11 heteroatoms. The maximum absolute atomic E-state index is 13.0. The van der Waals surface area contributed by atoms with E-state index in [0.29, 0.717) is 45.8 Å². The lowest BCUT2D eigenvalue weighted by molar-refractivity contribution is -0.147. The van der Waals surface area contributed by atoms with Gasteiger partial charge in [0.1, 0.15) is 18.7 Å². The van der Waals surface area contributed by atoms with Crippen molar-refractivity contribution >= 4 is 23.8 Å². The summed E-state index contributed by atoms with van der Waals surface area (Å²) in [6, 6.07) is -1.66. The molecular weight excluding hydrogens is 382 g/mol. The number of hydrogen-bond acceptors (Lipinski definition) is 6. The van der Waals surface area contributed by atoms with Gasteiger partial charge in [-0.3, -0.25) is 14.4 Å². The Hall–Kier alpha value is -2.40. The highest BCUT2D eigenvalue weighted by Crippen LogP contribution is 2.15. The second kappa shape index (κ2) is 9.88. The number of piperidine rings is 1. The summed E-state index contributed by atoms with van der Waals surface area (Å²) in [4.78, 5) is 55.0. The number of urea groups is 1. The van der Waals surface area contributed by atoms with Crippen LogP contribution in [0.1, 0.15) is 12.8 Å². The average molecular weight is 411 g/mol. The number of piperazine rings is 1. The summed E-state index contributed by atoms with van der Waals surface area (Å²) in [7, 11) is 1.41. The Bertz CT molecular complexity index is 638. The molecule has 0 bridgehead atoms. The third-order valence-electron chi connectivity index (χ3n) is 5.43. The molecule has 0 radical (unpaired) electrons. The fourth-order valence-electron chi connectivity index (χ4n) is 3.82. The molecule has 2 atom stereocenters. The summed E-state index contributed by atoms with van der Waals surface area (Å²) in [5, 5.41) is 5.47. The topological polar surface area (TPSA) is 121 Å². The van der Waals surface area contributed by atoms with Crippen LogP contribution in [0.5, 0.6) is 0 Å². The minimum Gasteiger partial charge on any atom is -0.378 e. The van der Waals surface area contributed by atoms with E-state index in [-0.39, 0.29) is 37.5 Å². The zero-order valence-corrected chi connectivity index (χ0v) is 16.7. The van der Waals surface area contributed by atoms with Gasteiger partial charge in [0.25, 0.3) is 0 Å². The van der Waals surface area contributed by atoms with Crippen LogP contribution < -0.4 is 10.6 Å². The van der Waals surface area contributed by atoms with Crippen molar-refractivity contribution in [3.8, 4) is 0 Å². The number of morpholine rings is 1. The number of amides is 5. The standard InChI is InChI=1S/C18H29N5O6/c1-28-12-15(24)23-6-5-22(18(27)21-7-9-29-10-8-21)11-14(23)17(26)20-13-3-2-4-19-16(13)25/h13-14H,2-12H2,1H3,(H,19,25)(H,20,26). The molecule has 0 aliphatic carbocycles. The number of nitrogens with one attached hydrogen (secondary N) is 2. The van der Waals surface area contributed by atoms with Gasteiger partial charge < -0.3 is 34.8 Å². The highest BCUT2D eigenvalue weighted by molar-refractivity contribution is 5.93. The molecule has 3 heterocycles. The number of rotatable bonds is 4. The van der Waals surface area contributed by atoms with E-state index >= 15 is 0 Å². The van der Waals surface area contributed by atoms with E-state index in [0.717, 1.165) is 6.42 Å². The SMILES string of the molecule is COCC(=O)N1CCN(C(=O)N2CCOCC2)CC1C(=O)NC1CCCNC1=O. The van der Waals surface area contributed by atoms with Gasteiger partial charge in [-0.2, -0.15) is 0 Å². The lowest BCUT2D eigenvalue weighted by atomic mass is 10.1. The zero-order chi connectivity index (χ0) is 20.8. The van der Waals surface area contributed by atoms with Gasteiger partial charge in [-0.25, -0.2) is 4.79 Å². The fraction of sp³-hybridized carbons (Fsp3) is 0.778. The van der Waals surface area contributed by atoms with E-state index in [2.05, 4.69) is 10.6 Å². The molecule has 0 aromatic rings. The molecular formula is C18H29N5O6. The number of hydrogen-bond donors (Lipinski definition) is 2. The van der Waals surface area contributed by atoms with Gasteiger partial charge in [0.15, 0.2) is 0 Å². The minimum absolute atomic E-state index is 0.0752. The van der Waals surface area contributed by atoms with Crippen LogP contribution in [0.2, 0.25) is 0 Å². The molecule has 3 saturated heterocycles. The number of carbonyl (C=O) groups excluding carboxylic acids is 4. The average Bonchev–Trinajstić information content (AvgIpc) is 2.75. The maximum atomic E-state index is 13.0. The van der Waals surface area contributed by atoms with E-state index in [1.54, 1.807) is 9.80 Å². The molecule has 3 aliphatic rings. The van der Waals surface area contributed by atoms with Gasteiger partial charge in [-0.05, 0) is 12.8 Å². The molecule has 162 valence electrons. The van der Waals surface area contributed by atoms with Crippen molar-refractivity contribution in [2.24, 2.45) is 0 Å². The fourth-order valence-corrected chi connectivity index (χ4v) is 3.82. The van der Waals surface area contributed by atoms with Crippen LogP contribution in [0.3, 0.4) is 0 Å². The number of nitrogens with zero attached hydrogens (tertiary/aromatic N) is 3. The van der Waals surface area contributed by atoms with Gasteiger partial charge in [-0.1, -0.05) is 0 Å². The number of carbonyl (C=O) groups is 4. The molecule has 0 aromatic heterocycles. The second-order valence-corrected chi connectivity index (χ2v) is 7.36. The molecule has 11 nitrogen and oxygen atoms in total. The number of ether oxygens (including phenoxy) is 2. The summed E-state index contributed by atoms with van der Waals surface area (Å²) in [5.74, 6) is -0.980. The highest BCUT2D eigenvalue weighted by Gasteiger charge is 2.39. The molecule has 2 unspecified atom stereocenters. The Labute approximate surface area is 169 Å². The maximum Gasteiger partial charge on any atom is 0.320 e. The van der Waals surface area contributed by atoms with Crippen molar-refractivity contribution in [1.82, 2.24) is 25.3 Å². The van der Waals surface area contributed by atoms with E-state index in [1.807, 2.05) is 0 Å². The molecule has 3 aliphatic heterocycles. The van der Waals surface area contributed by atoms with Crippen LogP contribution in [-0.2, 0) is 23.9 Å². The Kier molecular flexibility index (Phi) is 7.26. The van der Waals surface area contributed by atoms with Crippen molar-refractivity contribution in [3.63, 3.8) is 0 Å². The monoisotopic (exact) mass is 411 g/mol. The Balaban J connectivity index is 1.70. The molecule has 0 spiro atoms. The minimum atomic E-state index is -0.869. The van der Waals surface area contributed by atoms with Gasteiger partial charge in [0, 0.05) is 39.8 Å². The molecule has 29 heavy (non-hydrogen) atoms. The predicted octanol–water partition coefficient (Wildman–Crippen LogP) is -2.01. The first-order valence-corrected chi connectivity index (χ1v) is 9.99. The van der Waals surface area contributed by atoms with E-state index < -0.39 is 18.0 Å². The third-order valence-corrected chi connectivity index (χ3v) is 5.43. The van der Waals surface area contributed by atoms with Crippen molar-refractivity contribution in [1.29, 1.82) is 0 Å². The summed E-state index contributed by atoms with van der Waals surface area (Å²) in [5.41, 5.74) is 0. The predicted molar refractivity (Wildman–Crippen MR) is 101 cm³/mol. The molecule has 2 N–H and O–H groups in total. The Morgan fingerprint density at radius 2 is 1.93 bits per heavy atom. The molecule has 0 aromatic carbocycles. The first kappa shape index (κ1) is 21.3. The molecule has 3 fully saturated rings. The molecule has 0 saturated carbocycles. The van der Waals surface area contributed by atoms with Crippen molar-refractivity contribution in [3.05, 3.63) is 0 Å². The van der Waals surface area contributed by atoms with Crippen molar-refractivity contribution in [2.75, 3.05) is 66.2 Å². The van der Waals surface area contributed by atoms with Crippen LogP contribution in [0, 0.1) is 0 Å². The Morgan fingerprint density at radius 3 is 2.62 bits per heavy atom. The van der Waals surface area contributed by atoms with E-state index in [4.69, 9.17) is 9.47 Å². The number of methoxy groups -OCH3 is 1. The summed E-state index contributed by atoms with van der Waals surface area (Å²) in [6.07, 6.45) is 1.32. The first-order chi connectivity index (χ1) is 14.0.